The highest BCUT2D eigenvalue weighted by atomic mass is 32.2. The summed E-state index contributed by atoms with van der Waals surface area (Å²) in [6.45, 7) is 0. The molecule has 0 amide bonds. The van der Waals surface area contributed by atoms with Crippen LogP contribution in [0, 0.1) is 0 Å². The highest BCUT2D eigenvalue weighted by Gasteiger charge is 2.16. The van der Waals surface area contributed by atoms with Gasteiger partial charge in [0, 0.05) is 0 Å². The summed E-state index contributed by atoms with van der Waals surface area (Å²) >= 11 is 6.08. The number of thioether (sulfide) groups is 4. The van der Waals surface area contributed by atoms with Crippen molar-refractivity contribution < 1.29 is 0 Å². The summed E-state index contributed by atoms with van der Waals surface area (Å²) < 4.78 is 0.00361. The van der Waals surface area contributed by atoms with Crippen molar-refractivity contribution in [2.45, 2.75) is 9.16 Å². The van der Waals surface area contributed by atoms with Crippen LogP contribution in [0.5, 0.6) is 0 Å². The van der Waals surface area contributed by atoms with Crippen molar-refractivity contribution >= 4 is 59.2 Å². The molecule has 0 saturated heterocycles. The van der Waals surface area contributed by atoms with E-state index in [4.69, 9.17) is 0 Å². The van der Waals surface area contributed by atoms with Crippen LogP contribution in [0.1, 0.15) is 0 Å². The molecule has 2 aliphatic rings. The quantitative estimate of drug-likeness (QED) is 0.737. The highest BCUT2D eigenvalue weighted by molar-refractivity contribution is 8.23. The molecule has 2 heterocycles. The third-order valence-corrected chi connectivity index (χ3v) is 7.22. The summed E-state index contributed by atoms with van der Waals surface area (Å²) in [4.78, 5) is 36.1. The summed E-state index contributed by atoms with van der Waals surface area (Å²) in [6.07, 6.45) is 3.21. The molecule has 0 bridgehead atoms. The molecule has 2 aliphatic heterocycles. The van der Waals surface area contributed by atoms with Crippen molar-refractivity contribution in [3.8, 4) is 0 Å². The molecule has 102 valence electrons. The van der Waals surface area contributed by atoms with Crippen LogP contribution in [0.2, 0.25) is 0 Å². The van der Waals surface area contributed by atoms with Crippen molar-refractivity contribution in [1.82, 2.24) is 0 Å². The molecule has 0 spiro atoms. The van der Waals surface area contributed by atoms with E-state index in [0.717, 1.165) is 0 Å². The number of hydrogen-bond donors (Lipinski definition) is 0. The van der Waals surface area contributed by atoms with Crippen LogP contribution in [-0.4, -0.2) is 9.16 Å². The molecule has 0 atom stereocenters. The zero-order chi connectivity index (χ0) is 14.1. The van der Waals surface area contributed by atoms with Crippen molar-refractivity contribution in [3.05, 3.63) is 62.7 Å². The van der Waals surface area contributed by atoms with Crippen LogP contribution in [0.25, 0.3) is 12.2 Å². The second kappa shape index (κ2) is 6.01. The lowest BCUT2D eigenvalue weighted by molar-refractivity contribution is 1.51. The van der Waals surface area contributed by atoms with Gasteiger partial charge in [-0.1, -0.05) is 0 Å². The zero-order valence-electron chi connectivity index (χ0n) is 9.98. The molecular weight excluding hydrogens is 332 g/mol. The lowest BCUT2D eigenvalue weighted by Crippen LogP contribution is -2.37. The Balaban J connectivity index is 2.12. The maximum Gasteiger partial charge on any atom is 0.237 e. The summed E-state index contributed by atoms with van der Waals surface area (Å²) in [6, 6.07) is 0. The fourth-order valence-corrected chi connectivity index (χ4v) is 5.62. The van der Waals surface area contributed by atoms with Crippen LogP contribution in [-0.2, 0) is 0 Å². The van der Waals surface area contributed by atoms with E-state index in [-0.39, 0.29) is 19.6 Å². The summed E-state index contributed by atoms with van der Waals surface area (Å²) in [7, 11) is 0. The monoisotopic (exact) mass is 340 g/mol. The molecule has 0 unspecified atom stereocenters. The highest BCUT2D eigenvalue weighted by Crippen LogP contribution is 2.34. The van der Waals surface area contributed by atoms with E-state index in [1.165, 1.54) is 47.0 Å². The Bertz CT molecular complexity index is 761. The van der Waals surface area contributed by atoms with Gasteiger partial charge in [0.25, 0.3) is 0 Å². The summed E-state index contributed by atoms with van der Waals surface area (Å²) in [5.41, 5.74) is -1.77. The van der Waals surface area contributed by atoms with Gasteiger partial charge in [-0.25, -0.2) is 0 Å². The third kappa shape index (κ3) is 2.72. The van der Waals surface area contributed by atoms with Crippen molar-refractivity contribution in [2.75, 3.05) is 0 Å². The smallest absolute Gasteiger partial charge is 0.237 e. The Morgan fingerprint density at radius 2 is 1.00 bits per heavy atom. The second-order valence-corrected chi connectivity index (χ2v) is 8.78. The first kappa shape index (κ1) is 14.3. The van der Waals surface area contributed by atoms with Gasteiger partial charge < -0.3 is 0 Å². The zero-order valence-corrected chi connectivity index (χ0v) is 13.2. The number of rotatable bonds is 2. The Labute approximate surface area is 131 Å². The van der Waals surface area contributed by atoms with Crippen molar-refractivity contribution in [1.29, 1.82) is 0 Å². The normalized spacial score (nSPS) is 21.6. The molecule has 7 heteroatoms. The van der Waals surface area contributed by atoms with E-state index in [1.54, 1.807) is 12.2 Å². The first-order valence-electron chi connectivity index (χ1n) is 5.66. The van der Waals surface area contributed by atoms with Crippen LogP contribution in [0.15, 0.2) is 36.0 Å². The van der Waals surface area contributed by atoms with Gasteiger partial charge in [-0.05, 0) is 33.8 Å². The molecule has 3 rings (SSSR count). The largest absolute Gasteiger partial charge is 0.288 e. The minimum atomic E-state index is -0.671. The van der Waals surface area contributed by atoms with E-state index in [1.807, 2.05) is 21.6 Å². The third-order valence-electron chi connectivity index (χ3n) is 2.75. The minimum Gasteiger partial charge on any atom is -0.288 e. The summed E-state index contributed by atoms with van der Waals surface area (Å²) in [5.74, 6) is 0. The molecular formula is C13H8O3S4. The van der Waals surface area contributed by atoms with Crippen LogP contribution >= 0.6 is 47.0 Å². The predicted octanol–water partition coefficient (Wildman–Crippen LogP) is 0.758. The van der Waals surface area contributed by atoms with Crippen molar-refractivity contribution in [3.63, 3.8) is 0 Å². The summed E-state index contributed by atoms with van der Waals surface area (Å²) in [5, 5.41) is 7.68. The first-order chi connectivity index (χ1) is 9.66. The Kier molecular flexibility index (Phi) is 4.30. The molecule has 0 fully saturated rings. The van der Waals surface area contributed by atoms with Gasteiger partial charge >= 0.3 is 0 Å². The molecule has 0 aliphatic carbocycles. The number of hydrogen-bond acceptors (Lipinski definition) is 7. The maximum absolute atomic E-state index is 12.2. The predicted molar refractivity (Wildman–Crippen MR) is 92.0 cm³/mol. The van der Waals surface area contributed by atoms with Crippen LogP contribution < -0.4 is 26.7 Å². The van der Waals surface area contributed by atoms with Gasteiger partial charge in [0.05, 0.1) is 19.6 Å². The van der Waals surface area contributed by atoms with Gasteiger partial charge in [-0.2, -0.15) is 0 Å². The van der Waals surface area contributed by atoms with Gasteiger partial charge in [0.1, 0.15) is 0 Å². The van der Waals surface area contributed by atoms with Gasteiger partial charge in [-0.15, -0.1) is 47.0 Å². The lowest BCUT2D eigenvalue weighted by atomic mass is 10.4. The van der Waals surface area contributed by atoms with E-state index in [9.17, 15) is 14.4 Å². The molecule has 1 aromatic rings. The lowest BCUT2D eigenvalue weighted by Gasteiger charge is -1.96. The van der Waals surface area contributed by atoms with E-state index >= 15 is 0 Å². The topological polar surface area (TPSA) is 51.2 Å². The van der Waals surface area contributed by atoms with Gasteiger partial charge in [-0.3, -0.25) is 14.4 Å². The SMILES string of the molecule is O=c1c(=O)/c(=C\C2SC=CS2)c(=O)/c1=C/C1SC=CS1. The molecule has 0 saturated carbocycles. The van der Waals surface area contributed by atoms with Gasteiger partial charge in [0.2, 0.25) is 16.3 Å². The van der Waals surface area contributed by atoms with Crippen LogP contribution in [0.3, 0.4) is 0 Å². The fourth-order valence-electron chi connectivity index (χ4n) is 1.83. The standard InChI is InChI=1S/C13H8O3S4/c14-11-7(5-9-17-1-2-18-9)12(15)13(16)8(11)6-10-19-3-4-20-10/h1-6,9-10H/b7-5-,8-6-. The van der Waals surface area contributed by atoms with Gasteiger partial charge in [0.15, 0.2) is 0 Å². The maximum atomic E-state index is 12.2. The molecule has 0 radical (unpaired) electrons. The Hall–Kier alpha value is -0.630. The fraction of sp³-hybridized carbons (Fsp3) is 0.154. The molecule has 0 aromatic heterocycles. The first-order valence-corrected chi connectivity index (χ1v) is 9.43. The average Bonchev–Trinajstić information content (AvgIpc) is 3.15. The van der Waals surface area contributed by atoms with E-state index in [2.05, 4.69) is 0 Å². The average molecular weight is 340 g/mol. The Morgan fingerprint density at radius 1 is 0.650 bits per heavy atom. The molecule has 20 heavy (non-hydrogen) atoms. The Morgan fingerprint density at radius 3 is 1.35 bits per heavy atom. The van der Waals surface area contributed by atoms with Crippen molar-refractivity contribution in [2.24, 2.45) is 0 Å². The molecule has 3 nitrogen and oxygen atoms in total. The van der Waals surface area contributed by atoms with E-state index < -0.39 is 16.3 Å². The van der Waals surface area contributed by atoms with Crippen LogP contribution in [0.4, 0.5) is 0 Å². The second-order valence-electron chi connectivity index (χ2n) is 3.97. The molecule has 1 aromatic carbocycles. The van der Waals surface area contributed by atoms with E-state index in [0.29, 0.717) is 0 Å². The molecule has 0 N–H and O–H groups in total. The minimum absolute atomic E-state index is 0.00180.